The highest BCUT2D eigenvalue weighted by Gasteiger charge is 2.17. The van der Waals surface area contributed by atoms with E-state index < -0.39 is 0 Å². The van der Waals surface area contributed by atoms with Gasteiger partial charge in [0.2, 0.25) is 11.7 Å². The average molecular weight is 385 g/mol. The topological polar surface area (TPSA) is 81.3 Å². The van der Waals surface area contributed by atoms with Crippen molar-refractivity contribution < 1.29 is 4.79 Å². The van der Waals surface area contributed by atoms with Gasteiger partial charge >= 0.3 is 0 Å². The van der Waals surface area contributed by atoms with E-state index in [1.54, 1.807) is 7.05 Å². The molecule has 0 saturated heterocycles. The van der Waals surface area contributed by atoms with Crippen molar-refractivity contribution in [1.29, 1.82) is 0 Å². The van der Waals surface area contributed by atoms with Crippen LogP contribution >= 0.6 is 23.1 Å². The molecule has 9 heteroatoms. The number of amides is 1. The molecular formula is C17H15N5O2S2. The summed E-state index contributed by atoms with van der Waals surface area (Å²) in [6.07, 6.45) is 0. The van der Waals surface area contributed by atoms with Gasteiger partial charge in [-0.25, -0.2) is 0 Å². The van der Waals surface area contributed by atoms with Crippen molar-refractivity contribution in [3.8, 4) is 0 Å². The van der Waals surface area contributed by atoms with E-state index in [0.29, 0.717) is 15.6 Å². The lowest BCUT2D eigenvalue weighted by Gasteiger charge is -2.08. The van der Waals surface area contributed by atoms with Gasteiger partial charge in [-0.3, -0.25) is 18.6 Å². The largest absolute Gasteiger partial charge is 0.325 e. The summed E-state index contributed by atoms with van der Waals surface area (Å²) >= 11 is 2.67. The summed E-state index contributed by atoms with van der Waals surface area (Å²) in [6, 6.07) is 9.50. The van der Waals surface area contributed by atoms with E-state index in [0.717, 1.165) is 16.8 Å². The SMILES string of the molecule is Cc1ccccc1NC(=O)CSc1nnc2n(C)c(=O)c3sccc3n12. The Morgan fingerprint density at radius 2 is 2.08 bits per heavy atom. The molecule has 0 atom stereocenters. The predicted molar refractivity (Wildman–Crippen MR) is 104 cm³/mol. The fourth-order valence-corrected chi connectivity index (χ4v) is 4.29. The van der Waals surface area contributed by atoms with Gasteiger partial charge in [0, 0.05) is 12.7 Å². The third-order valence-electron chi connectivity index (χ3n) is 4.05. The van der Waals surface area contributed by atoms with E-state index in [1.807, 2.05) is 47.0 Å². The molecule has 4 aromatic rings. The summed E-state index contributed by atoms with van der Waals surface area (Å²) in [5.41, 5.74) is 2.48. The number of hydrogen-bond acceptors (Lipinski definition) is 6. The quantitative estimate of drug-likeness (QED) is 0.546. The number of anilines is 1. The van der Waals surface area contributed by atoms with E-state index in [-0.39, 0.29) is 17.2 Å². The van der Waals surface area contributed by atoms with Gasteiger partial charge in [0.15, 0.2) is 5.16 Å². The molecule has 0 unspecified atom stereocenters. The Morgan fingerprint density at radius 1 is 1.27 bits per heavy atom. The minimum absolute atomic E-state index is 0.0938. The summed E-state index contributed by atoms with van der Waals surface area (Å²) in [5, 5.41) is 13.6. The molecule has 7 nitrogen and oxygen atoms in total. The van der Waals surface area contributed by atoms with Crippen LogP contribution in [0.1, 0.15) is 5.56 Å². The van der Waals surface area contributed by atoms with Crippen LogP contribution in [0.25, 0.3) is 16.0 Å². The van der Waals surface area contributed by atoms with Crippen molar-refractivity contribution in [3.05, 3.63) is 51.6 Å². The highest BCUT2D eigenvalue weighted by atomic mass is 32.2. The van der Waals surface area contributed by atoms with Crippen molar-refractivity contribution in [2.45, 2.75) is 12.1 Å². The molecule has 1 N–H and O–H groups in total. The average Bonchev–Trinajstić information content (AvgIpc) is 3.26. The molecule has 0 bridgehead atoms. The van der Waals surface area contributed by atoms with Crippen molar-refractivity contribution >= 4 is 50.7 Å². The fourth-order valence-electron chi connectivity index (χ4n) is 2.70. The lowest BCUT2D eigenvalue weighted by Crippen LogP contribution is -2.19. The molecule has 1 aromatic carbocycles. The molecule has 0 aliphatic heterocycles. The molecule has 0 fully saturated rings. The third-order valence-corrected chi connectivity index (χ3v) is 5.87. The monoisotopic (exact) mass is 385 g/mol. The summed E-state index contributed by atoms with van der Waals surface area (Å²) < 4.78 is 3.94. The van der Waals surface area contributed by atoms with Crippen molar-refractivity contribution in [3.63, 3.8) is 0 Å². The Kier molecular flexibility index (Phi) is 4.25. The van der Waals surface area contributed by atoms with Crippen LogP contribution in [-0.2, 0) is 11.8 Å². The Morgan fingerprint density at radius 3 is 2.88 bits per heavy atom. The molecular weight excluding hydrogens is 370 g/mol. The second-order valence-electron chi connectivity index (χ2n) is 5.77. The van der Waals surface area contributed by atoms with Crippen LogP contribution in [0, 0.1) is 6.92 Å². The van der Waals surface area contributed by atoms with Gasteiger partial charge in [0.1, 0.15) is 4.70 Å². The van der Waals surface area contributed by atoms with Gasteiger partial charge in [0.05, 0.1) is 11.3 Å². The van der Waals surface area contributed by atoms with Crippen LogP contribution in [0.2, 0.25) is 0 Å². The first kappa shape index (κ1) is 16.8. The molecule has 3 aromatic heterocycles. The van der Waals surface area contributed by atoms with Crippen LogP contribution in [0.5, 0.6) is 0 Å². The molecule has 1 amide bonds. The number of aryl methyl sites for hydroxylation is 2. The summed E-state index contributed by atoms with van der Waals surface area (Å²) in [5.74, 6) is 0.541. The number of thioether (sulfide) groups is 1. The van der Waals surface area contributed by atoms with Crippen molar-refractivity contribution in [1.82, 2.24) is 19.2 Å². The second kappa shape index (κ2) is 6.58. The lowest BCUT2D eigenvalue weighted by atomic mass is 10.2. The zero-order valence-corrected chi connectivity index (χ0v) is 15.7. The molecule has 26 heavy (non-hydrogen) atoms. The second-order valence-corrected chi connectivity index (χ2v) is 7.63. The Balaban J connectivity index is 1.61. The number of benzene rings is 1. The first-order chi connectivity index (χ1) is 12.6. The molecule has 0 radical (unpaired) electrons. The maximum absolute atomic E-state index is 12.3. The molecule has 132 valence electrons. The number of nitrogens with one attached hydrogen (secondary N) is 1. The van der Waals surface area contributed by atoms with E-state index in [2.05, 4.69) is 15.5 Å². The van der Waals surface area contributed by atoms with E-state index in [9.17, 15) is 9.59 Å². The van der Waals surface area contributed by atoms with Gasteiger partial charge in [-0.1, -0.05) is 30.0 Å². The van der Waals surface area contributed by atoms with Crippen LogP contribution in [0.3, 0.4) is 0 Å². The third kappa shape index (κ3) is 2.78. The zero-order valence-electron chi connectivity index (χ0n) is 14.1. The lowest BCUT2D eigenvalue weighted by molar-refractivity contribution is -0.113. The minimum Gasteiger partial charge on any atom is -0.325 e. The molecule has 4 rings (SSSR count). The van der Waals surface area contributed by atoms with Crippen molar-refractivity contribution in [2.24, 2.45) is 7.05 Å². The van der Waals surface area contributed by atoms with Crippen LogP contribution in [0.4, 0.5) is 5.69 Å². The van der Waals surface area contributed by atoms with Gasteiger partial charge in [-0.2, -0.15) is 0 Å². The van der Waals surface area contributed by atoms with Crippen molar-refractivity contribution in [2.75, 3.05) is 11.1 Å². The van der Waals surface area contributed by atoms with Crippen LogP contribution in [-0.4, -0.2) is 30.8 Å². The fraction of sp³-hybridized carbons (Fsp3) is 0.176. The standard InChI is InChI=1S/C17H15N5O2S2/c1-10-5-3-4-6-11(10)18-13(23)9-26-17-20-19-16-21(2)15(24)14-12(22(16)17)7-8-25-14/h3-8H,9H2,1-2H3,(H,18,23). The molecule has 0 aliphatic carbocycles. The summed E-state index contributed by atoms with van der Waals surface area (Å²) in [4.78, 5) is 24.6. The molecule has 0 spiro atoms. The normalized spacial score (nSPS) is 11.3. The molecule has 3 heterocycles. The molecule has 0 saturated carbocycles. The number of thiophene rings is 1. The zero-order chi connectivity index (χ0) is 18.3. The van der Waals surface area contributed by atoms with Gasteiger partial charge in [-0.05, 0) is 30.0 Å². The number of para-hydroxylation sites is 1. The van der Waals surface area contributed by atoms with Gasteiger partial charge in [-0.15, -0.1) is 21.5 Å². The summed E-state index contributed by atoms with van der Waals surface area (Å²) in [7, 11) is 1.67. The predicted octanol–water partition coefficient (Wildman–Crippen LogP) is 2.68. The number of rotatable bonds is 4. The Bertz CT molecular complexity index is 1190. The van der Waals surface area contributed by atoms with E-state index in [4.69, 9.17) is 0 Å². The number of hydrogen-bond donors (Lipinski definition) is 1. The Labute approximate surface area is 156 Å². The maximum atomic E-state index is 12.3. The number of carbonyl (C=O) groups excluding carboxylic acids is 1. The highest BCUT2D eigenvalue weighted by molar-refractivity contribution is 7.99. The van der Waals surface area contributed by atoms with E-state index in [1.165, 1.54) is 27.7 Å². The number of aromatic nitrogens is 4. The van der Waals surface area contributed by atoms with Crippen LogP contribution in [0.15, 0.2) is 45.7 Å². The number of fused-ring (bicyclic) bond motifs is 3. The molecule has 0 aliphatic rings. The number of nitrogens with zero attached hydrogens (tertiary/aromatic N) is 4. The van der Waals surface area contributed by atoms with E-state index >= 15 is 0 Å². The highest BCUT2D eigenvalue weighted by Crippen LogP contribution is 2.24. The number of carbonyl (C=O) groups is 1. The minimum atomic E-state index is -0.118. The summed E-state index contributed by atoms with van der Waals surface area (Å²) in [6.45, 7) is 1.95. The smallest absolute Gasteiger partial charge is 0.272 e. The van der Waals surface area contributed by atoms with Gasteiger partial charge in [0.25, 0.3) is 5.56 Å². The maximum Gasteiger partial charge on any atom is 0.272 e. The van der Waals surface area contributed by atoms with Gasteiger partial charge < -0.3 is 5.32 Å². The Hall–Kier alpha value is -2.65. The van der Waals surface area contributed by atoms with Crippen LogP contribution < -0.4 is 10.9 Å². The first-order valence-corrected chi connectivity index (χ1v) is 9.72. The first-order valence-electron chi connectivity index (χ1n) is 7.86.